The van der Waals surface area contributed by atoms with Gasteiger partial charge in [-0.2, -0.15) is 0 Å². The Balaban J connectivity index is 2.26. The van der Waals surface area contributed by atoms with Crippen molar-refractivity contribution in [3.05, 3.63) is 64.4 Å². The van der Waals surface area contributed by atoms with E-state index in [1.165, 1.54) is 6.20 Å². The van der Waals surface area contributed by atoms with Crippen molar-refractivity contribution in [3.63, 3.8) is 0 Å². The molecule has 1 heterocycles. The highest BCUT2D eigenvalue weighted by atomic mass is 35.5. The lowest BCUT2D eigenvalue weighted by molar-refractivity contribution is -0.120. The van der Waals surface area contributed by atoms with Gasteiger partial charge in [0.05, 0.1) is 23.7 Å². The summed E-state index contributed by atoms with van der Waals surface area (Å²) in [5.41, 5.74) is 0.334. The van der Waals surface area contributed by atoms with Gasteiger partial charge in [-0.3, -0.25) is 14.6 Å². The first-order chi connectivity index (χ1) is 15.2. The summed E-state index contributed by atoms with van der Waals surface area (Å²) in [7, 11) is 0. The highest BCUT2D eigenvalue weighted by molar-refractivity contribution is 6.30. The number of alkyl carbamates (subject to hydrolysis) is 1. The van der Waals surface area contributed by atoms with Crippen LogP contribution in [0, 0.1) is 0 Å². The van der Waals surface area contributed by atoms with Crippen molar-refractivity contribution in [2.45, 2.75) is 71.6 Å². The summed E-state index contributed by atoms with van der Waals surface area (Å²) in [5, 5.41) is 6.13. The van der Waals surface area contributed by atoms with Crippen LogP contribution in [-0.2, 0) is 22.4 Å². The van der Waals surface area contributed by atoms with Gasteiger partial charge in [-0.05, 0) is 77.8 Å². The van der Waals surface area contributed by atoms with Gasteiger partial charge < -0.3 is 15.4 Å². The SMILES string of the molecule is CC(C)(C)NC(=O)c1cccnc1CC(=O)C(Cc1ccc(Cl)cc1)NC(=O)OC(C)(C)C. The molecule has 7 nitrogen and oxygen atoms in total. The summed E-state index contributed by atoms with van der Waals surface area (Å²) in [4.78, 5) is 42.7. The number of pyridine rings is 1. The van der Waals surface area contributed by atoms with Gasteiger partial charge in [0.1, 0.15) is 5.60 Å². The average molecular weight is 474 g/mol. The second kappa shape index (κ2) is 10.8. The van der Waals surface area contributed by atoms with Crippen molar-refractivity contribution in [3.8, 4) is 0 Å². The summed E-state index contributed by atoms with van der Waals surface area (Å²) >= 11 is 5.97. The Kier molecular flexibility index (Phi) is 8.61. The molecule has 2 amide bonds. The molecule has 2 N–H and O–H groups in total. The molecule has 0 aliphatic carbocycles. The molecule has 0 radical (unpaired) electrons. The molecular formula is C25H32ClN3O4. The van der Waals surface area contributed by atoms with Crippen LogP contribution in [0.15, 0.2) is 42.6 Å². The fourth-order valence-corrected chi connectivity index (χ4v) is 3.16. The van der Waals surface area contributed by atoms with Gasteiger partial charge in [0.2, 0.25) is 0 Å². The first-order valence-electron chi connectivity index (χ1n) is 10.8. The molecule has 0 aliphatic heterocycles. The Morgan fingerprint density at radius 3 is 2.24 bits per heavy atom. The zero-order valence-corrected chi connectivity index (χ0v) is 20.7. The van der Waals surface area contributed by atoms with Crippen LogP contribution in [0.1, 0.15) is 63.2 Å². The number of carbonyl (C=O) groups excluding carboxylic acids is 3. The van der Waals surface area contributed by atoms with E-state index in [2.05, 4.69) is 15.6 Å². The topological polar surface area (TPSA) is 97.4 Å². The summed E-state index contributed by atoms with van der Waals surface area (Å²) in [6.07, 6.45) is 0.959. The second-order valence-corrected chi connectivity index (χ2v) is 10.3. The van der Waals surface area contributed by atoms with E-state index >= 15 is 0 Å². The normalized spacial score (nSPS) is 12.6. The Labute approximate surface area is 200 Å². The zero-order chi connectivity index (χ0) is 24.8. The molecule has 0 fully saturated rings. The maximum absolute atomic E-state index is 13.3. The molecule has 1 aromatic carbocycles. The lowest BCUT2D eigenvalue weighted by Crippen LogP contribution is -2.45. The number of aromatic nitrogens is 1. The van der Waals surface area contributed by atoms with Gasteiger partial charge in [-0.25, -0.2) is 4.79 Å². The molecule has 1 aromatic heterocycles. The first kappa shape index (κ1) is 26.3. The molecule has 2 aromatic rings. The van der Waals surface area contributed by atoms with Crippen molar-refractivity contribution in [1.82, 2.24) is 15.6 Å². The molecule has 0 spiro atoms. The van der Waals surface area contributed by atoms with Crippen LogP contribution in [0.3, 0.4) is 0 Å². The van der Waals surface area contributed by atoms with E-state index in [1.54, 1.807) is 57.2 Å². The number of halogens is 1. The third-order valence-electron chi connectivity index (χ3n) is 4.40. The number of carbonyl (C=O) groups is 3. The van der Waals surface area contributed by atoms with E-state index in [9.17, 15) is 14.4 Å². The van der Waals surface area contributed by atoms with Crippen LogP contribution in [0.4, 0.5) is 4.79 Å². The summed E-state index contributed by atoms with van der Waals surface area (Å²) in [5.74, 6) is -0.605. The highest BCUT2D eigenvalue weighted by Gasteiger charge is 2.27. The van der Waals surface area contributed by atoms with E-state index in [1.807, 2.05) is 20.8 Å². The van der Waals surface area contributed by atoms with Gasteiger partial charge in [0.15, 0.2) is 5.78 Å². The molecule has 0 saturated carbocycles. The van der Waals surface area contributed by atoms with Crippen molar-refractivity contribution in [1.29, 1.82) is 0 Å². The third-order valence-corrected chi connectivity index (χ3v) is 4.65. The summed E-state index contributed by atoms with van der Waals surface area (Å²) in [6.45, 7) is 10.9. The molecule has 0 saturated heterocycles. The fraction of sp³-hybridized carbons (Fsp3) is 0.440. The van der Waals surface area contributed by atoms with Gasteiger partial charge >= 0.3 is 6.09 Å². The maximum Gasteiger partial charge on any atom is 0.408 e. The fourth-order valence-electron chi connectivity index (χ4n) is 3.03. The second-order valence-electron chi connectivity index (χ2n) is 9.87. The average Bonchev–Trinajstić information content (AvgIpc) is 2.66. The number of ketones is 1. The number of nitrogens with zero attached hydrogens (tertiary/aromatic N) is 1. The van der Waals surface area contributed by atoms with Crippen LogP contribution in [0.5, 0.6) is 0 Å². The maximum atomic E-state index is 13.3. The number of hydrogen-bond donors (Lipinski definition) is 2. The molecule has 2 rings (SSSR count). The van der Waals surface area contributed by atoms with Crippen molar-refractivity contribution in [2.24, 2.45) is 0 Å². The quantitative estimate of drug-likeness (QED) is 0.616. The Bertz CT molecular complexity index is 992. The van der Waals surface area contributed by atoms with Crippen molar-refractivity contribution < 1.29 is 19.1 Å². The van der Waals surface area contributed by atoms with E-state index in [0.717, 1.165) is 5.56 Å². The zero-order valence-electron chi connectivity index (χ0n) is 20.0. The van der Waals surface area contributed by atoms with Gasteiger partial charge in [0, 0.05) is 16.8 Å². The lowest BCUT2D eigenvalue weighted by Gasteiger charge is -2.24. The van der Waals surface area contributed by atoms with Crippen LogP contribution < -0.4 is 10.6 Å². The number of Topliss-reactive ketones (excluding diaryl/α,β-unsaturated/α-hetero) is 1. The largest absolute Gasteiger partial charge is 0.444 e. The number of amides is 2. The molecule has 0 bridgehead atoms. The van der Waals surface area contributed by atoms with Crippen LogP contribution in [-0.4, -0.2) is 39.9 Å². The number of rotatable bonds is 7. The molecule has 1 atom stereocenters. The van der Waals surface area contributed by atoms with Crippen LogP contribution in [0.25, 0.3) is 0 Å². The smallest absolute Gasteiger partial charge is 0.408 e. The van der Waals surface area contributed by atoms with Gasteiger partial charge in [0.25, 0.3) is 5.91 Å². The Hall–Kier alpha value is -2.93. The minimum atomic E-state index is -0.874. The van der Waals surface area contributed by atoms with E-state index in [-0.39, 0.29) is 24.5 Å². The van der Waals surface area contributed by atoms with Gasteiger partial charge in [-0.1, -0.05) is 23.7 Å². The standard InChI is InChI=1S/C25H32ClN3O4/c1-24(2,3)29-22(31)18-8-7-13-27-19(18)15-21(30)20(28-23(32)33-25(4,5)6)14-16-9-11-17(26)12-10-16/h7-13,20H,14-15H2,1-6H3,(H,28,32)(H,29,31). The molecule has 33 heavy (non-hydrogen) atoms. The number of nitrogens with one attached hydrogen (secondary N) is 2. The van der Waals surface area contributed by atoms with Gasteiger partial charge in [-0.15, -0.1) is 0 Å². The molecule has 0 aliphatic rings. The molecule has 1 unspecified atom stereocenters. The van der Waals surface area contributed by atoms with Crippen LogP contribution >= 0.6 is 11.6 Å². The van der Waals surface area contributed by atoms with E-state index < -0.39 is 23.3 Å². The number of ether oxygens (including phenoxy) is 1. The predicted octanol–water partition coefficient (Wildman–Crippen LogP) is 4.51. The van der Waals surface area contributed by atoms with E-state index in [0.29, 0.717) is 16.3 Å². The van der Waals surface area contributed by atoms with Crippen molar-refractivity contribution >= 4 is 29.4 Å². The molecular weight excluding hydrogens is 442 g/mol. The highest BCUT2D eigenvalue weighted by Crippen LogP contribution is 2.15. The Morgan fingerprint density at radius 2 is 1.67 bits per heavy atom. The predicted molar refractivity (Wildman–Crippen MR) is 128 cm³/mol. The summed E-state index contributed by atoms with van der Waals surface area (Å²) < 4.78 is 5.34. The minimum absolute atomic E-state index is 0.123. The first-order valence-corrected chi connectivity index (χ1v) is 11.1. The van der Waals surface area contributed by atoms with Crippen molar-refractivity contribution in [2.75, 3.05) is 0 Å². The minimum Gasteiger partial charge on any atom is -0.444 e. The monoisotopic (exact) mass is 473 g/mol. The Morgan fingerprint density at radius 1 is 1.03 bits per heavy atom. The third kappa shape index (κ3) is 9.22. The molecule has 8 heteroatoms. The van der Waals surface area contributed by atoms with E-state index in [4.69, 9.17) is 16.3 Å². The molecule has 178 valence electrons. The van der Waals surface area contributed by atoms with Crippen LogP contribution in [0.2, 0.25) is 5.02 Å². The number of hydrogen-bond acceptors (Lipinski definition) is 5. The number of benzene rings is 1. The summed E-state index contributed by atoms with van der Waals surface area (Å²) in [6, 6.07) is 9.44. The lowest BCUT2D eigenvalue weighted by atomic mass is 9.97.